The van der Waals surface area contributed by atoms with Gasteiger partial charge in [-0.2, -0.15) is 8.78 Å². The van der Waals surface area contributed by atoms with Gasteiger partial charge in [0, 0.05) is 5.56 Å². The van der Waals surface area contributed by atoms with Gasteiger partial charge in [0.2, 0.25) is 0 Å². The Morgan fingerprint density at radius 1 is 1.10 bits per heavy atom. The van der Waals surface area contributed by atoms with Crippen LogP contribution in [0.3, 0.4) is 0 Å². The number of hydrogen-bond donors (Lipinski definition) is 1. The molecule has 2 aromatic rings. The first-order valence-corrected chi connectivity index (χ1v) is 6.88. The molecule has 0 heterocycles. The van der Waals surface area contributed by atoms with Crippen molar-refractivity contribution in [2.24, 2.45) is 5.73 Å². The Hall–Kier alpha value is -1.94. The van der Waals surface area contributed by atoms with Crippen LogP contribution in [0.5, 0.6) is 5.75 Å². The van der Waals surface area contributed by atoms with Crippen LogP contribution in [0.25, 0.3) is 0 Å². The molecule has 0 aliphatic carbocycles. The molecule has 0 saturated carbocycles. The monoisotopic (exact) mass is 291 g/mol. The largest absolute Gasteiger partial charge is 0.487 e. The van der Waals surface area contributed by atoms with E-state index in [-0.39, 0.29) is 5.56 Å². The molecule has 0 amide bonds. The standard InChI is InChI=1S/C17H19F2NO/c1-13-7-8-16(14(11-13)9-10-20)21-12-17(18,19)15-5-3-2-4-6-15/h2-8,11H,9-10,12,20H2,1H3. The molecule has 0 fully saturated rings. The van der Waals surface area contributed by atoms with Crippen molar-refractivity contribution in [1.29, 1.82) is 0 Å². The molecule has 0 spiro atoms. The van der Waals surface area contributed by atoms with Crippen LogP contribution in [0.2, 0.25) is 0 Å². The van der Waals surface area contributed by atoms with E-state index in [0.717, 1.165) is 11.1 Å². The maximum Gasteiger partial charge on any atom is 0.306 e. The summed E-state index contributed by atoms with van der Waals surface area (Å²) in [7, 11) is 0. The first kappa shape index (κ1) is 15.4. The molecule has 112 valence electrons. The SMILES string of the molecule is Cc1ccc(OCC(F)(F)c2ccccc2)c(CCN)c1. The Morgan fingerprint density at radius 2 is 1.81 bits per heavy atom. The fourth-order valence-corrected chi connectivity index (χ4v) is 2.13. The molecule has 0 saturated heterocycles. The highest BCUT2D eigenvalue weighted by atomic mass is 19.3. The maximum absolute atomic E-state index is 14.1. The van der Waals surface area contributed by atoms with Crippen LogP contribution in [0, 0.1) is 6.92 Å². The predicted octanol–water partition coefficient (Wildman–Crippen LogP) is 3.67. The summed E-state index contributed by atoms with van der Waals surface area (Å²) < 4.78 is 33.5. The summed E-state index contributed by atoms with van der Waals surface area (Å²) in [5.41, 5.74) is 7.42. The number of benzene rings is 2. The third-order valence-corrected chi connectivity index (χ3v) is 3.23. The minimum Gasteiger partial charge on any atom is -0.487 e. The van der Waals surface area contributed by atoms with E-state index < -0.39 is 12.5 Å². The van der Waals surface area contributed by atoms with Crippen LogP contribution in [0.15, 0.2) is 48.5 Å². The van der Waals surface area contributed by atoms with E-state index in [9.17, 15) is 8.78 Å². The smallest absolute Gasteiger partial charge is 0.306 e. The fraction of sp³-hybridized carbons (Fsp3) is 0.294. The molecule has 0 aliphatic rings. The lowest BCUT2D eigenvalue weighted by Crippen LogP contribution is -2.23. The predicted molar refractivity (Wildman–Crippen MR) is 79.8 cm³/mol. The van der Waals surface area contributed by atoms with Gasteiger partial charge in [0.25, 0.3) is 0 Å². The molecule has 2 aromatic carbocycles. The Kier molecular flexibility index (Phi) is 4.91. The summed E-state index contributed by atoms with van der Waals surface area (Å²) in [6.45, 7) is 1.72. The highest BCUT2D eigenvalue weighted by Gasteiger charge is 2.32. The topological polar surface area (TPSA) is 35.2 Å². The second-order valence-electron chi connectivity index (χ2n) is 5.01. The molecule has 0 unspecified atom stereocenters. The van der Waals surface area contributed by atoms with E-state index >= 15 is 0 Å². The molecule has 2 N–H and O–H groups in total. The molecule has 0 radical (unpaired) electrons. The van der Waals surface area contributed by atoms with E-state index in [1.54, 1.807) is 24.3 Å². The van der Waals surface area contributed by atoms with Crippen LogP contribution in [0.1, 0.15) is 16.7 Å². The average molecular weight is 291 g/mol. The van der Waals surface area contributed by atoms with Gasteiger partial charge in [-0.3, -0.25) is 0 Å². The molecular weight excluding hydrogens is 272 g/mol. The van der Waals surface area contributed by atoms with Gasteiger partial charge in [-0.05, 0) is 31.5 Å². The van der Waals surface area contributed by atoms with E-state index in [4.69, 9.17) is 10.5 Å². The number of nitrogens with two attached hydrogens (primary N) is 1. The first-order chi connectivity index (χ1) is 10.0. The van der Waals surface area contributed by atoms with Crippen molar-refractivity contribution in [3.8, 4) is 5.75 Å². The van der Waals surface area contributed by atoms with Crippen molar-refractivity contribution in [3.05, 3.63) is 65.2 Å². The maximum atomic E-state index is 14.1. The molecule has 4 heteroatoms. The first-order valence-electron chi connectivity index (χ1n) is 6.88. The Morgan fingerprint density at radius 3 is 2.48 bits per heavy atom. The highest BCUT2D eigenvalue weighted by molar-refractivity contribution is 5.37. The van der Waals surface area contributed by atoms with Crippen molar-refractivity contribution >= 4 is 0 Å². The van der Waals surface area contributed by atoms with Crippen molar-refractivity contribution in [2.75, 3.05) is 13.2 Å². The second-order valence-corrected chi connectivity index (χ2v) is 5.01. The number of alkyl halides is 2. The lowest BCUT2D eigenvalue weighted by atomic mass is 10.1. The number of rotatable bonds is 6. The molecule has 0 atom stereocenters. The highest BCUT2D eigenvalue weighted by Crippen LogP contribution is 2.30. The summed E-state index contributed by atoms with van der Waals surface area (Å²) in [6, 6.07) is 13.2. The summed E-state index contributed by atoms with van der Waals surface area (Å²) in [5.74, 6) is -2.55. The van der Waals surface area contributed by atoms with Crippen molar-refractivity contribution in [3.63, 3.8) is 0 Å². The van der Waals surface area contributed by atoms with Gasteiger partial charge in [-0.25, -0.2) is 0 Å². The fourth-order valence-electron chi connectivity index (χ4n) is 2.13. The third-order valence-electron chi connectivity index (χ3n) is 3.23. The van der Waals surface area contributed by atoms with E-state index in [1.807, 2.05) is 19.1 Å². The molecule has 0 aromatic heterocycles. The molecule has 2 nitrogen and oxygen atoms in total. The van der Waals surface area contributed by atoms with Gasteiger partial charge in [0.05, 0.1) is 0 Å². The van der Waals surface area contributed by atoms with E-state index in [0.29, 0.717) is 18.7 Å². The second kappa shape index (κ2) is 6.68. The van der Waals surface area contributed by atoms with Gasteiger partial charge >= 0.3 is 5.92 Å². The average Bonchev–Trinajstić information content (AvgIpc) is 2.48. The normalized spacial score (nSPS) is 11.4. The van der Waals surface area contributed by atoms with Crippen LogP contribution < -0.4 is 10.5 Å². The summed E-state index contributed by atoms with van der Waals surface area (Å²) >= 11 is 0. The van der Waals surface area contributed by atoms with E-state index in [1.165, 1.54) is 12.1 Å². The lowest BCUT2D eigenvalue weighted by Gasteiger charge is -2.19. The molecular formula is C17H19F2NO. The summed E-state index contributed by atoms with van der Waals surface area (Å²) in [4.78, 5) is 0. The molecule has 0 bridgehead atoms. The molecule has 21 heavy (non-hydrogen) atoms. The number of ether oxygens (including phenoxy) is 1. The number of halogens is 2. The van der Waals surface area contributed by atoms with Gasteiger partial charge < -0.3 is 10.5 Å². The Labute approximate surface area is 123 Å². The van der Waals surface area contributed by atoms with Gasteiger partial charge in [0.1, 0.15) is 5.75 Å². The minimum atomic E-state index is -3.02. The van der Waals surface area contributed by atoms with Gasteiger partial charge in [-0.1, -0.05) is 48.0 Å². The van der Waals surface area contributed by atoms with Crippen molar-refractivity contribution in [1.82, 2.24) is 0 Å². The van der Waals surface area contributed by atoms with Crippen LogP contribution >= 0.6 is 0 Å². The zero-order valence-corrected chi connectivity index (χ0v) is 12.0. The third kappa shape index (κ3) is 4.02. The van der Waals surface area contributed by atoms with Crippen molar-refractivity contribution < 1.29 is 13.5 Å². The number of hydrogen-bond acceptors (Lipinski definition) is 2. The molecule has 2 rings (SSSR count). The van der Waals surface area contributed by atoms with Crippen LogP contribution in [0.4, 0.5) is 8.78 Å². The summed E-state index contributed by atoms with van der Waals surface area (Å²) in [5, 5.41) is 0. The van der Waals surface area contributed by atoms with Crippen molar-refractivity contribution in [2.45, 2.75) is 19.3 Å². The van der Waals surface area contributed by atoms with Crippen LogP contribution in [-0.4, -0.2) is 13.2 Å². The zero-order valence-electron chi connectivity index (χ0n) is 12.0. The van der Waals surface area contributed by atoms with Gasteiger partial charge in [-0.15, -0.1) is 0 Å². The number of aryl methyl sites for hydroxylation is 1. The van der Waals surface area contributed by atoms with E-state index in [2.05, 4.69) is 0 Å². The lowest BCUT2D eigenvalue weighted by molar-refractivity contribution is -0.0469. The van der Waals surface area contributed by atoms with Crippen LogP contribution in [-0.2, 0) is 12.3 Å². The van der Waals surface area contributed by atoms with Gasteiger partial charge in [0.15, 0.2) is 6.61 Å². The summed E-state index contributed by atoms with van der Waals surface area (Å²) in [6.07, 6.45) is 0.605. The minimum absolute atomic E-state index is 0.0440. The molecule has 0 aliphatic heterocycles. The zero-order chi connectivity index (χ0) is 15.3. The Bertz CT molecular complexity index is 585. The Balaban J connectivity index is 2.12. The quantitative estimate of drug-likeness (QED) is 0.881.